The predicted octanol–water partition coefficient (Wildman–Crippen LogP) is 2.89. The number of anilines is 1. The normalized spacial score (nSPS) is 18.7. The maximum atomic E-state index is 12.7. The summed E-state index contributed by atoms with van der Waals surface area (Å²) in [6, 6.07) is 7.68. The summed E-state index contributed by atoms with van der Waals surface area (Å²) in [7, 11) is -0.848. The van der Waals surface area contributed by atoms with Crippen LogP contribution in [0.25, 0.3) is 0 Å². The summed E-state index contributed by atoms with van der Waals surface area (Å²) < 4.78 is 12.7. The highest BCUT2D eigenvalue weighted by molar-refractivity contribution is 7.84. The van der Waals surface area contributed by atoms with Crippen molar-refractivity contribution in [3.8, 4) is 0 Å². The Bertz CT molecular complexity index is 842. The summed E-state index contributed by atoms with van der Waals surface area (Å²) in [5.41, 5.74) is 4.17. The van der Waals surface area contributed by atoms with E-state index in [4.69, 9.17) is 0 Å². The Hall–Kier alpha value is -1.99. The van der Waals surface area contributed by atoms with E-state index in [-0.39, 0.29) is 5.91 Å². The molecule has 0 spiro atoms. The van der Waals surface area contributed by atoms with Crippen molar-refractivity contribution >= 4 is 22.4 Å². The maximum Gasteiger partial charge on any atom is 0.276 e. The van der Waals surface area contributed by atoms with E-state index in [0.29, 0.717) is 23.2 Å². The summed E-state index contributed by atoms with van der Waals surface area (Å²) >= 11 is 0. The van der Waals surface area contributed by atoms with Gasteiger partial charge in [-0.2, -0.15) is 5.10 Å². The molecule has 1 saturated carbocycles. The van der Waals surface area contributed by atoms with Crippen molar-refractivity contribution in [2.45, 2.75) is 56.1 Å². The van der Waals surface area contributed by atoms with Gasteiger partial charge in [0.25, 0.3) is 5.91 Å². The number of fused-ring (bicyclic) bond motifs is 1. The Kier molecular flexibility index (Phi) is 5.69. The molecule has 1 aliphatic heterocycles. The second kappa shape index (κ2) is 8.35. The van der Waals surface area contributed by atoms with E-state index in [0.717, 1.165) is 48.3 Å². The molecular formula is C20H26N4O2S. The van der Waals surface area contributed by atoms with Crippen LogP contribution < -0.4 is 10.6 Å². The molecule has 1 aromatic carbocycles. The fourth-order valence-corrected chi connectivity index (χ4v) is 5.56. The molecule has 1 amide bonds. The summed E-state index contributed by atoms with van der Waals surface area (Å²) in [6.45, 7) is 1.56. The molecule has 0 saturated heterocycles. The van der Waals surface area contributed by atoms with Gasteiger partial charge in [0.2, 0.25) is 0 Å². The van der Waals surface area contributed by atoms with E-state index >= 15 is 0 Å². The molecule has 2 heterocycles. The Balaban J connectivity index is 1.42. The van der Waals surface area contributed by atoms with Crippen LogP contribution >= 0.6 is 0 Å². The third kappa shape index (κ3) is 4.30. The lowest BCUT2D eigenvalue weighted by Gasteiger charge is -2.21. The molecular weight excluding hydrogens is 360 g/mol. The molecule has 1 aliphatic carbocycles. The van der Waals surface area contributed by atoms with Crippen LogP contribution in [-0.2, 0) is 29.5 Å². The van der Waals surface area contributed by atoms with Crippen LogP contribution in [-0.4, -0.2) is 32.1 Å². The minimum Gasteiger partial charge on any atom is -0.321 e. The molecule has 0 bridgehead atoms. The number of benzene rings is 1. The minimum atomic E-state index is -0.848. The van der Waals surface area contributed by atoms with Gasteiger partial charge >= 0.3 is 0 Å². The number of nitrogens with zero attached hydrogens (tertiary/aromatic N) is 1. The number of carbonyl (C=O) groups is 1. The molecule has 4 rings (SSSR count). The number of rotatable bonds is 5. The van der Waals surface area contributed by atoms with Gasteiger partial charge < -0.3 is 10.6 Å². The number of amides is 1. The molecule has 6 nitrogen and oxygen atoms in total. The van der Waals surface area contributed by atoms with E-state index in [9.17, 15) is 9.00 Å². The van der Waals surface area contributed by atoms with Crippen LogP contribution in [0.1, 0.15) is 59.4 Å². The van der Waals surface area contributed by atoms with E-state index in [1.165, 1.54) is 19.3 Å². The standard InChI is InChI=1S/C20H26N4O2S/c25-20(19-17-12-21-10-9-18(17)23-24-19)22-15-6-4-5-14(11-15)13-27(26)16-7-2-1-3-8-16/h4-6,11,16,21H,1-3,7-10,12-13H2,(H,22,25)(H,23,24). The Morgan fingerprint density at radius 1 is 1.26 bits per heavy atom. The van der Waals surface area contributed by atoms with Gasteiger partial charge in [-0.15, -0.1) is 0 Å². The van der Waals surface area contributed by atoms with Gasteiger partial charge in [-0.05, 0) is 30.5 Å². The Morgan fingerprint density at radius 2 is 2.11 bits per heavy atom. The zero-order valence-corrected chi connectivity index (χ0v) is 16.2. The average molecular weight is 387 g/mol. The molecule has 1 unspecified atom stereocenters. The summed E-state index contributed by atoms with van der Waals surface area (Å²) in [4.78, 5) is 12.6. The predicted molar refractivity (Wildman–Crippen MR) is 107 cm³/mol. The smallest absolute Gasteiger partial charge is 0.276 e. The third-order valence-corrected chi connectivity index (χ3v) is 7.27. The van der Waals surface area contributed by atoms with Crippen molar-refractivity contribution < 1.29 is 9.00 Å². The number of aromatic amines is 1. The number of carbonyl (C=O) groups excluding carboxylic acids is 1. The van der Waals surface area contributed by atoms with Crippen molar-refractivity contribution in [1.29, 1.82) is 0 Å². The number of H-pyrrole nitrogens is 1. The molecule has 0 radical (unpaired) electrons. The molecule has 3 N–H and O–H groups in total. The minimum absolute atomic E-state index is 0.207. The zero-order chi connectivity index (χ0) is 18.6. The summed E-state index contributed by atoms with van der Waals surface area (Å²) in [6.07, 6.45) is 6.65. The van der Waals surface area contributed by atoms with Crippen LogP contribution in [0.4, 0.5) is 5.69 Å². The fraction of sp³-hybridized carbons (Fsp3) is 0.500. The summed E-state index contributed by atoms with van der Waals surface area (Å²) in [5.74, 6) is 0.345. The second-order valence-corrected chi connectivity index (χ2v) is 9.11. The highest BCUT2D eigenvalue weighted by Gasteiger charge is 2.22. The van der Waals surface area contributed by atoms with E-state index in [1.807, 2.05) is 24.3 Å². The SMILES string of the molecule is O=C(Nc1cccc(CS(=O)C2CCCCC2)c1)c1n[nH]c2c1CNCC2. The van der Waals surface area contributed by atoms with Gasteiger partial charge in [0.1, 0.15) is 0 Å². The van der Waals surface area contributed by atoms with Gasteiger partial charge in [-0.25, -0.2) is 0 Å². The van der Waals surface area contributed by atoms with Crippen LogP contribution in [0.2, 0.25) is 0 Å². The van der Waals surface area contributed by atoms with Crippen LogP contribution in [0.3, 0.4) is 0 Å². The van der Waals surface area contributed by atoms with Gasteiger partial charge in [0, 0.05) is 58.3 Å². The lowest BCUT2D eigenvalue weighted by atomic mass is 10.0. The summed E-state index contributed by atoms with van der Waals surface area (Å²) in [5, 5.41) is 13.7. The highest BCUT2D eigenvalue weighted by Crippen LogP contribution is 2.24. The van der Waals surface area contributed by atoms with Crippen molar-refractivity contribution in [2.24, 2.45) is 0 Å². The molecule has 2 aromatic rings. The molecule has 27 heavy (non-hydrogen) atoms. The lowest BCUT2D eigenvalue weighted by molar-refractivity contribution is 0.102. The van der Waals surface area contributed by atoms with E-state index in [2.05, 4.69) is 20.8 Å². The van der Waals surface area contributed by atoms with Crippen molar-refractivity contribution in [2.75, 3.05) is 11.9 Å². The van der Waals surface area contributed by atoms with Crippen LogP contribution in [0.5, 0.6) is 0 Å². The zero-order valence-electron chi connectivity index (χ0n) is 15.4. The van der Waals surface area contributed by atoms with Gasteiger partial charge in [0.15, 0.2) is 5.69 Å². The fourth-order valence-electron chi connectivity index (χ4n) is 3.95. The number of hydrogen-bond donors (Lipinski definition) is 3. The van der Waals surface area contributed by atoms with Gasteiger partial charge in [0.05, 0.1) is 0 Å². The highest BCUT2D eigenvalue weighted by atomic mass is 32.2. The van der Waals surface area contributed by atoms with Crippen LogP contribution in [0, 0.1) is 0 Å². The number of nitrogens with one attached hydrogen (secondary N) is 3. The quantitative estimate of drug-likeness (QED) is 0.737. The first kappa shape index (κ1) is 18.4. The van der Waals surface area contributed by atoms with E-state index in [1.54, 1.807) is 0 Å². The molecule has 144 valence electrons. The largest absolute Gasteiger partial charge is 0.321 e. The third-order valence-electron chi connectivity index (χ3n) is 5.44. The number of hydrogen-bond acceptors (Lipinski definition) is 4. The van der Waals surface area contributed by atoms with Crippen molar-refractivity contribution in [3.63, 3.8) is 0 Å². The van der Waals surface area contributed by atoms with Gasteiger partial charge in [-0.1, -0.05) is 31.4 Å². The van der Waals surface area contributed by atoms with Crippen LogP contribution in [0.15, 0.2) is 24.3 Å². The Labute approximate surface area is 162 Å². The first-order valence-corrected chi connectivity index (χ1v) is 11.1. The van der Waals surface area contributed by atoms with Gasteiger partial charge in [-0.3, -0.25) is 14.1 Å². The average Bonchev–Trinajstić information content (AvgIpc) is 3.13. The second-order valence-electron chi connectivity index (χ2n) is 7.40. The first-order valence-electron chi connectivity index (χ1n) is 9.75. The molecule has 1 aromatic heterocycles. The molecule has 1 atom stereocenters. The molecule has 2 aliphatic rings. The first-order chi connectivity index (χ1) is 13.2. The van der Waals surface area contributed by atoms with E-state index < -0.39 is 10.8 Å². The Morgan fingerprint density at radius 3 is 2.96 bits per heavy atom. The molecule has 7 heteroatoms. The number of aromatic nitrogens is 2. The van der Waals surface area contributed by atoms with Crippen molar-refractivity contribution in [3.05, 3.63) is 46.8 Å². The van der Waals surface area contributed by atoms with Crippen molar-refractivity contribution in [1.82, 2.24) is 15.5 Å². The monoisotopic (exact) mass is 386 g/mol. The topological polar surface area (TPSA) is 86.9 Å². The lowest BCUT2D eigenvalue weighted by Crippen LogP contribution is -2.25. The maximum absolute atomic E-state index is 12.7. The molecule has 1 fully saturated rings.